The third-order valence-corrected chi connectivity index (χ3v) is 4.13. The van der Waals surface area contributed by atoms with E-state index < -0.39 is 10.0 Å². The average molecular weight is 295 g/mol. The SMILES string of the molecule is CN(C)CCc1c[nH]c2cccc(CCS(N)(=O)=O)c12. The Labute approximate surface area is 119 Å². The highest BCUT2D eigenvalue weighted by Gasteiger charge is 2.11. The molecule has 0 amide bonds. The van der Waals surface area contributed by atoms with Crippen molar-refractivity contribution in [1.29, 1.82) is 0 Å². The predicted molar refractivity (Wildman–Crippen MR) is 82.2 cm³/mol. The molecule has 1 aromatic carbocycles. The molecule has 0 unspecified atom stereocenters. The molecule has 0 spiro atoms. The summed E-state index contributed by atoms with van der Waals surface area (Å²) < 4.78 is 22.3. The summed E-state index contributed by atoms with van der Waals surface area (Å²) in [5.41, 5.74) is 3.30. The first-order valence-corrected chi connectivity index (χ1v) is 8.31. The molecule has 1 aromatic heterocycles. The number of primary sulfonamides is 1. The van der Waals surface area contributed by atoms with Crippen molar-refractivity contribution in [2.75, 3.05) is 26.4 Å². The topological polar surface area (TPSA) is 79.2 Å². The van der Waals surface area contributed by atoms with E-state index in [1.165, 1.54) is 5.56 Å². The Morgan fingerprint density at radius 2 is 1.95 bits per heavy atom. The van der Waals surface area contributed by atoms with E-state index in [1.54, 1.807) is 0 Å². The van der Waals surface area contributed by atoms with Crippen LogP contribution in [0.15, 0.2) is 24.4 Å². The van der Waals surface area contributed by atoms with Crippen LogP contribution < -0.4 is 5.14 Å². The van der Waals surface area contributed by atoms with Gasteiger partial charge in [-0.2, -0.15) is 0 Å². The molecule has 0 aliphatic heterocycles. The number of sulfonamides is 1. The average Bonchev–Trinajstić information content (AvgIpc) is 2.76. The van der Waals surface area contributed by atoms with Crippen molar-refractivity contribution in [2.24, 2.45) is 5.14 Å². The summed E-state index contributed by atoms with van der Waals surface area (Å²) in [6, 6.07) is 5.92. The zero-order valence-corrected chi connectivity index (χ0v) is 12.7. The van der Waals surface area contributed by atoms with Gasteiger partial charge >= 0.3 is 0 Å². The zero-order chi connectivity index (χ0) is 14.8. The summed E-state index contributed by atoms with van der Waals surface area (Å²) in [6.07, 6.45) is 3.39. The second-order valence-electron chi connectivity index (χ2n) is 5.32. The molecular formula is C14H21N3O2S. The molecule has 0 aliphatic carbocycles. The van der Waals surface area contributed by atoms with E-state index in [-0.39, 0.29) is 5.75 Å². The number of fused-ring (bicyclic) bond motifs is 1. The Kier molecular flexibility index (Phi) is 4.47. The van der Waals surface area contributed by atoms with Crippen molar-refractivity contribution in [3.8, 4) is 0 Å². The first-order chi connectivity index (χ1) is 9.37. The van der Waals surface area contributed by atoms with E-state index in [0.29, 0.717) is 6.42 Å². The summed E-state index contributed by atoms with van der Waals surface area (Å²) in [6.45, 7) is 0.955. The number of nitrogens with zero attached hydrogens (tertiary/aromatic N) is 1. The quantitative estimate of drug-likeness (QED) is 0.837. The molecule has 6 heteroatoms. The minimum absolute atomic E-state index is 0.0234. The van der Waals surface area contributed by atoms with E-state index in [9.17, 15) is 8.42 Å². The number of nitrogens with one attached hydrogen (secondary N) is 1. The molecule has 0 fully saturated rings. The molecule has 0 saturated heterocycles. The van der Waals surface area contributed by atoms with Crippen LogP contribution in [0.3, 0.4) is 0 Å². The molecule has 3 N–H and O–H groups in total. The number of aryl methyl sites for hydroxylation is 1. The summed E-state index contributed by atoms with van der Waals surface area (Å²) >= 11 is 0. The molecule has 2 rings (SSSR count). The molecule has 5 nitrogen and oxygen atoms in total. The van der Waals surface area contributed by atoms with Crippen LogP contribution in [0.4, 0.5) is 0 Å². The van der Waals surface area contributed by atoms with Crippen LogP contribution in [-0.2, 0) is 22.9 Å². The maximum atomic E-state index is 11.1. The van der Waals surface area contributed by atoms with Gasteiger partial charge in [0, 0.05) is 23.6 Å². The molecule has 0 atom stereocenters. The van der Waals surface area contributed by atoms with Gasteiger partial charge in [0.1, 0.15) is 0 Å². The molecule has 0 bridgehead atoms. The summed E-state index contributed by atoms with van der Waals surface area (Å²) in [5.74, 6) is -0.0234. The normalized spacial score (nSPS) is 12.4. The lowest BCUT2D eigenvalue weighted by Crippen LogP contribution is -2.18. The van der Waals surface area contributed by atoms with Crippen molar-refractivity contribution in [3.63, 3.8) is 0 Å². The lowest BCUT2D eigenvalue weighted by atomic mass is 10.0. The minimum Gasteiger partial charge on any atom is -0.361 e. The molecule has 0 saturated carbocycles. The summed E-state index contributed by atoms with van der Waals surface area (Å²) in [7, 11) is 0.646. The van der Waals surface area contributed by atoms with Gasteiger partial charge in [-0.15, -0.1) is 0 Å². The van der Waals surface area contributed by atoms with Gasteiger partial charge < -0.3 is 9.88 Å². The van der Waals surface area contributed by atoms with Crippen LogP contribution in [-0.4, -0.2) is 44.7 Å². The number of aromatic nitrogens is 1. The highest BCUT2D eigenvalue weighted by molar-refractivity contribution is 7.89. The maximum Gasteiger partial charge on any atom is 0.209 e. The number of likely N-dealkylation sites (N-methyl/N-ethyl adjacent to an activating group) is 1. The largest absolute Gasteiger partial charge is 0.361 e. The van der Waals surface area contributed by atoms with E-state index in [4.69, 9.17) is 5.14 Å². The standard InChI is InChI=1S/C14H21N3O2S/c1-17(2)8-6-12-10-16-13-5-3-4-11(14(12)13)7-9-20(15,18)19/h3-5,10,16H,6-9H2,1-2H3,(H2,15,18,19). The summed E-state index contributed by atoms with van der Waals surface area (Å²) in [4.78, 5) is 5.38. The van der Waals surface area contributed by atoms with E-state index >= 15 is 0 Å². The van der Waals surface area contributed by atoms with E-state index in [1.807, 2.05) is 38.5 Å². The molecule has 0 aliphatic rings. The fourth-order valence-electron chi connectivity index (χ4n) is 2.34. The molecule has 110 valence electrons. The van der Waals surface area contributed by atoms with Gasteiger partial charge in [0.25, 0.3) is 0 Å². The van der Waals surface area contributed by atoms with E-state index in [0.717, 1.165) is 29.4 Å². The Hall–Kier alpha value is -1.37. The first kappa shape index (κ1) is 15.0. The predicted octanol–water partition coefficient (Wildman–Crippen LogP) is 1.10. The number of aromatic amines is 1. The smallest absolute Gasteiger partial charge is 0.209 e. The molecule has 1 heterocycles. The van der Waals surface area contributed by atoms with Crippen molar-refractivity contribution in [3.05, 3.63) is 35.5 Å². The number of nitrogens with two attached hydrogens (primary N) is 1. The van der Waals surface area contributed by atoms with Crippen molar-refractivity contribution >= 4 is 20.9 Å². The van der Waals surface area contributed by atoms with Gasteiger partial charge in [-0.3, -0.25) is 0 Å². The van der Waals surface area contributed by atoms with Crippen LogP contribution in [0, 0.1) is 0 Å². The molecular weight excluding hydrogens is 274 g/mol. The van der Waals surface area contributed by atoms with Gasteiger partial charge in [0.05, 0.1) is 5.75 Å². The third-order valence-electron chi connectivity index (χ3n) is 3.36. The highest BCUT2D eigenvalue weighted by atomic mass is 32.2. The second-order valence-corrected chi connectivity index (χ2v) is 7.06. The number of hydrogen-bond acceptors (Lipinski definition) is 3. The Bertz CT molecular complexity index is 690. The van der Waals surface area contributed by atoms with E-state index in [2.05, 4.69) is 9.88 Å². The fourth-order valence-corrected chi connectivity index (χ4v) is 2.84. The zero-order valence-electron chi connectivity index (χ0n) is 11.9. The number of hydrogen-bond donors (Lipinski definition) is 2. The minimum atomic E-state index is -3.43. The summed E-state index contributed by atoms with van der Waals surface area (Å²) in [5, 5.41) is 6.23. The lowest BCUT2D eigenvalue weighted by molar-refractivity contribution is 0.414. The van der Waals surface area contributed by atoms with Gasteiger partial charge in [0.15, 0.2) is 0 Å². The Morgan fingerprint density at radius 3 is 2.60 bits per heavy atom. The molecule has 0 radical (unpaired) electrons. The Morgan fingerprint density at radius 1 is 1.20 bits per heavy atom. The van der Waals surface area contributed by atoms with Gasteiger partial charge in [-0.25, -0.2) is 13.6 Å². The van der Waals surface area contributed by atoms with Crippen LogP contribution in [0.5, 0.6) is 0 Å². The first-order valence-electron chi connectivity index (χ1n) is 6.60. The monoisotopic (exact) mass is 295 g/mol. The maximum absolute atomic E-state index is 11.1. The number of H-pyrrole nitrogens is 1. The van der Waals surface area contributed by atoms with Gasteiger partial charge in [0.2, 0.25) is 10.0 Å². The lowest BCUT2D eigenvalue weighted by Gasteiger charge is -2.10. The van der Waals surface area contributed by atoms with Crippen molar-refractivity contribution in [2.45, 2.75) is 12.8 Å². The van der Waals surface area contributed by atoms with Crippen LogP contribution >= 0.6 is 0 Å². The highest BCUT2D eigenvalue weighted by Crippen LogP contribution is 2.24. The number of rotatable bonds is 6. The number of benzene rings is 1. The van der Waals surface area contributed by atoms with Crippen molar-refractivity contribution < 1.29 is 8.42 Å². The van der Waals surface area contributed by atoms with Crippen LogP contribution in [0.2, 0.25) is 0 Å². The van der Waals surface area contributed by atoms with Gasteiger partial charge in [-0.05, 0) is 44.1 Å². The molecule has 2 aromatic rings. The van der Waals surface area contributed by atoms with Crippen LogP contribution in [0.1, 0.15) is 11.1 Å². The van der Waals surface area contributed by atoms with Crippen LogP contribution in [0.25, 0.3) is 10.9 Å². The second kappa shape index (κ2) is 5.95. The third kappa shape index (κ3) is 3.82. The van der Waals surface area contributed by atoms with Gasteiger partial charge in [-0.1, -0.05) is 12.1 Å². The molecule has 20 heavy (non-hydrogen) atoms. The van der Waals surface area contributed by atoms with Crippen molar-refractivity contribution in [1.82, 2.24) is 9.88 Å². The Balaban J connectivity index is 2.31. The fraction of sp³-hybridized carbons (Fsp3) is 0.429.